The predicted molar refractivity (Wildman–Crippen MR) is 97.1 cm³/mol. The van der Waals surface area contributed by atoms with Gasteiger partial charge < -0.3 is 10.6 Å². The molecule has 5 nitrogen and oxygen atoms in total. The van der Waals surface area contributed by atoms with Gasteiger partial charge in [0.2, 0.25) is 5.95 Å². The van der Waals surface area contributed by atoms with Crippen LogP contribution in [0.4, 0.5) is 24.9 Å². The number of rotatable bonds is 6. The van der Waals surface area contributed by atoms with E-state index >= 15 is 0 Å². The van der Waals surface area contributed by atoms with Gasteiger partial charge in [0.05, 0.1) is 5.56 Å². The van der Waals surface area contributed by atoms with Crippen LogP contribution in [0.5, 0.6) is 0 Å². The van der Waals surface area contributed by atoms with Crippen molar-refractivity contribution in [1.82, 2.24) is 15.0 Å². The van der Waals surface area contributed by atoms with Gasteiger partial charge in [0.15, 0.2) is 0 Å². The molecular formula is C19H18F3N5. The van der Waals surface area contributed by atoms with Gasteiger partial charge in [-0.15, -0.1) is 0 Å². The molecule has 27 heavy (non-hydrogen) atoms. The van der Waals surface area contributed by atoms with E-state index in [-0.39, 0.29) is 6.54 Å². The van der Waals surface area contributed by atoms with Gasteiger partial charge in [-0.25, -0.2) is 4.98 Å². The number of aromatic nitrogens is 3. The van der Waals surface area contributed by atoms with Gasteiger partial charge in [-0.05, 0) is 36.2 Å². The van der Waals surface area contributed by atoms with Crippen LogP contribution in [0.25, 0.3) is 0 Å². The number of aryl methyl sites for hydroxylation is 1. The maximum atomic E-state index is 12.8. The number of nitrogens with zero attached hydrogens (tertiary/aromatic N) is 3. The van der Waals surface area contributed by atoms with Crippen LogP contribution in [0.2, 0.25) is 0 Å². The van der Waals surface area contributed by atoms with Crippen molar-refractivity contribution in [3.8, 4) is 0 Å². The van der Waals surface area contributed by atoms with Gasteiger partial charge >= 0.3 is 6.18 Å². The summed E-state index contributed by atoms with van der Waals surface area (Å²) in [5.74, 6) is 0.993. The van der Waals surface area contributed by atoms with Gasteiger partial charge in [0.1, 0.15) is 5.82 Å². The lowest BCUT2D eigenvalue weighted by Crippen LogP contribution is -2.10. The minimum absolute atomic E-state index is 0.226. The highest BCUT2D eigenvalue weighted by atomic mass is 19.4. The van der Waals surface area contributed by atoms with Gasteiger partial charge in [0.25, 0.3) is 0 Å². The molecule has 0 bridgehead atoms. The highest BCUT2D eigenvalue weighted by molar-refractivity contribution is 5.47. The molecule has 2 heterocycles. The van der Waals surface area contributed by atoms with Crippen LogP contribution in [0.3, 0.4) is 0 Å². The quantitative estimate of drug-likeness (QED) is 0.670. The predicted octanol–water partition coefficient (Wildman–Crippen LogP) is 4.42. The van der Waals surface area contributed by atoms with Crippen molar-refractivity contribution in [3.05, 3.63) is 77.2 Å². The summed E-state index contributed by atoms with van der Waals surface area (Å²) < 4.78 is 38.5. The lowest BCUT2D eigenvalue weighted by atomic mass is 10.1. The minimum atomic E-state index is -4.36. The molecule has 0 amide bonds. The maximum absolute atomic E-state index is 12.8. The second-order valence-electron chi connectivity index (χ2n) is 5.99. The molecule has 140 valence electrons. The summed E-state index contributed by atoms with van der Waals surface area (Å²) in [6, 6.07) is 8.99. The van der Waals surface area contributed by atoms with E-state index in [1.165, 1.54) is 6.07 Å². The van der Waals surface area contributed by atoms with E-state index in [2.05, 4.69) is 25.6 Å². The van der Waals surface area contributed by atoms with Crippen LogP contribution < -0.4 is 10.6 Å². The zero-order valence-electron chi connectivity index (χ0n) is 14.6. The standard InChI is InChI=1S/C19H18F3N5/c1-13-9-25-18(26-12-15-5-3-7-23-10-15)27-17(13)24-11-14-4-2-6-16(8-14)19(20,21)22/h2-10H,11-12H2,1H3,(H2,24,25,26,27). The number of benzene rings is 1. The molecule has 2 N–H and O–H groups in total. The Morgan fingerprint density at radius 3 is 2.48 bits per heavy atom. The second-order valence-corrected chi connectivity index (χ2v) is 5.99. The molecule has 0 atom stereocenters. The van der Waals surface area contributed by atoms with Crippen molar-refractivity contribution in [2.75, 3.05) is 10.6 Å². The largest absolute Gasteiger partial charge is 0.416 e. The first-order valence-electron chi connectivity index (χ1n) is 8.28. The molecule has 0 aliphatic carbocycles. The van der Waals surface area contributed by atoms with E-state index in [9.17, 15) is 13.2 Å². The van der Waals surface area contributed by atoms with Crippen LogP contribution in [0.1, 0.15) is 22.3 Å². The Bertz CT molecular complexity index is 897. The molecule has 1 aromatic carbocycles. The maximum Gasteiger partial charge on any atom is 0.416 e. The summed E-state index contributed by atoms with van der Waals surface area (Å²) >= 11 is 0. The Kier molecular flexibility index (Phi) is 5.54. The summed E-state index contributed by atoms with van der Waals surface area (Å²) in [6.45, 7) is 2.58. The van der Waals surface area contributed by atoms with Crippen LogP contribution in [0.15, 0.2) is 55.0 Å². The van der Waals surface area contributed by atoms with Crippen molar-refractivity contribution in [3.63, 3.8) is 0 Å². The van der Waals surface area contributed by atoms with Crippen molar-refractivity contribution in [1.29, 1.82) is 0 Å². The number of pyridine rings is 1. The van der Waals surface area contributed by atoms with Crippen LogP contribution in [0, 0.1) is 6.92 Å². The zero-order valence-corrected chi connectivity index (χ0v) is 14.6. The van der Waals surface area contributed by atoms with Gasteiger partial charge in [-0.3, -0.25) is 4.98 Å². The molecule has 3 aromatic rings. The Morgan fingerprint density at radius 1 is 0.963 bits per heavy atom. The van der Waals surface area contributed by atoms with E-state index < -0.39 is 11.7 Å². The lowest BCUT2D eigenvalue weighted by molar-refractivity contribution is -0.137. The Morgan fingerprint density at radius 2 is 1.74 bits per heavy atom. The fourth-order valence-electron chi connectivity index (χ4n) is 2.43. The summed E-state index contributed by atoms with van der Waals surface area (Å²) in [5, 5.41) is 6.18. The Hall–Kier alpha value is -3.16. The number of alkyl halides is 3. The average Bonchev–Trinajstić information content (AvgIpc) is 2.67. The van der Waals surface area contributed by atoms with Crippen molar-refractivity contribution < 1.29 is 13.2 Å². The third kappa shape index (κ3) is 5.16. The summed E-state index contributed by atoms with van der Waals surface area (Å²) in [5.41, 5.74) is 1.64. The highest BCUT2D eigenvalue weighted by Crippen LogP contribution is 2.29. The van der Waals surface area contributed by atoms with E-state index in [0.29, 0.717) is 23.9 Å². The number of halogens is 3. The normalized spacial score (nSPS) is 11.3. The smallest absolute Gasteiger partial charge is 0.366 e. The van der Waals surface area contributed by atoms with Gasteiger partial charge in [0, 0.05) is 37.2 Å². The number of hydrogen-bond donors (Lipinski definition) is 2. The molecule has 8 heteroatoms. The van der Waals surface area contributed by atoms with Gasteiger partial charge in [-0.2, -0.15) is 18.2 Å². The minimum Gasteiger partial charge on any atom is -0.366 e. The van der Waals surface area contributed by atoms with E-state index in [1.54, 1.807) is 24.7 Å². The molecule has 0 radical (unpaired) electrons. The molecule has 3 rings (SSSR count). The van der Waals surface area contributed by atoms with E-state index in [0.717, 1.165) is 23.3 Å². The molecule has 0 saturated heterocycles. The van der Waals surface area contributed by atoms with Crippen LogP contribution >= 0.6 is 0 Å². The summed E-state index contributed by atoms with van der Waals surface area (Å²) in [7, 11) is 0. The third-order valence-electron chi connectivity index (χ3n) is 3.86. The summed E-state index contributed by atoms with van der Waals surface area (Å²) in [6.07, 6.45) is 0.743. The Labute approximate surface area is 154 Å². The van der Waals surface area contributed by atoms with Crippen LogP contribution in [-0.4, -0.2) is 15.0 Å². The molecule has 0 aliphatic heterocycles. The van der Waals surface area contributed by atoms with Crippen molar-refractivity contribution in [2.24, 2.45) is 0 Å². The molecule has 0 aliphatic rings. The number of nitrogens with one attached hydrogen (secondary N) is 2. The molecule has 0 fully saturated rings. The second kappa shape index (κ2) is 8.03. The highest BCUT2D eigenvalue weighted by Gasteiger charge is 2.30. The molecule has 2 aromatic heterocycles. The first kappa shape index (κ1) is 18.6. The molecule has 0 saturated carbocycles. The van der Waals surface area contributed by atoms with Crippen molar-refractivity contribution in [2.45, 2.75) is 26.2 Å². The first-order chi connectivity index (χ1) is 12.9. The van der Waals surface area contributed by atoms with E-state index in [4.69, 9.17) is 0 Å². The fourth-order valence-corrected chi connectivity index (χ4v) is 2.43. The van der Waals surface area contributed by atoms with Crippen molar-refractivity contribution >= 4 is 11.8 Å². The molecule has 0 spiro atoms. The topological polar surface area (TPSA) is 62.7 Å². The third-order valence-corrected chi connectivity index (χ3v) is 3.86. The van der Waals surface area contributed by atoms with E-state index in [1.807, 2.05) is 19.1 Å². The fraction of sp³-hybridized carbons (Fsp3) is 0.211. The van der Waals surface area contributed by atoms with Crippen LogP contribution in [-0.2, 0) is 19.3 Å². The average molecular weight is 373 g/mol. The number of hydrogen-bond acceptors (Lipinski definition) is 5. The lowest BCUT2D eigenvalue weighted by Gasteiger charge is -2.12. The molecule has 0 unspecified atom stereocenters. The SMILES string of the molecule is Cc1cnc(NCc2cccnc2)nc1NCc1cccc(C(F)(F)F)c1. The Balaban J connectivity index is 1.66. The zero-order chi connectivity index (χ0) is 19.3. The molecular weight excluding hydrogens is 355 g/mol. The monoisotopic (exact) mass is 373 g/mol. The first-order valence-corrected chi connectivity index (χ1v) is 8.28. The summed E-state index contributed by atoms with van der Waals surface area (Å²) in [4.78, 5) is 12.7. The number of anilines is 2. The van der Waals surface area contributed by atoms with Gasteiger partial charge in [-0.1, -0.05) is 18.2 Å².